The summed E-state index contributed by atoms with van der Waals surface area (Å²) in [7, 11) is -3.67. The van der Waals surface area contributed by atoms with Crippen LogP contribution in [0.2, 0.25) is 5.02 Å². The van der Waals surface area contributed by atoms with Crippen molar-refractivity contribution in [2.45, 2.75) is 68.2 Å². The number of ketones is 1. The van der Waals surface area contributed by atoms with E-state index in [1.807, 2.05) is 13.8 Å². The quantitative estimate of drug-likeness (QED) is 0.591. The van der Waals surface area contributed by atoms with E-state index in [1.165, 1.54) is 12.1 Å². The maximum Gasteiger partial charge on any atom is 0.182 e. The fourth-order valence-electron chi connectivity index (χ4n) is 6.33. The number of nitrogens with one attached hydrogen (secondary N) is 1. The third kappa shape index (κ3) is 3.51. The molecule has 34 heavy (non-hydrogen) atoms. The van der Waals surface area contributed by atoms with Crippen LogP contribution in [0.25, 0.3) is 0 Å². The average molecular weight is 503 g/mol. The van der Waals surface area contributed by atoms with E-state index in [9.17, 15) is 17.6 Å². The molecule has 0 spiro atoms. The minimum absolute atomic E-state index is 0.0168. The van der Waals surface area contributed by atoms with Gasteiger partial charge in [-0.25, -0.2) is 12.8 Å². The molecule has 1 unspecified atom stereocenters. The highest BCUT2D eigenvalue weighted by Crippen LogP contribution is 2.76. The minimum Gasteiger partial charge on any atom is -0.366 e. The zero-order valence-corrected chi connectivity index (χ0v) is 21.0. The molecule has 2 atom stereocenters. The number of rotatable bonds is 7. The number of aliphatic imine (C=N–C) groups is 1. The summed E-state index contributed by atoms with van der Waals surface area (Å²) in [6.45, 7) is 5.49. The molecule has 3 fully saturated rings. The second-order valence-electron chi connectivity index (χ2n) is 10.8. The molecular formula is C26H28ClFN2O3S. The van der Waals surface area contributed by atoms with Crippen molar-refractivity contribution in [3.63, 3.8) is 0 Å². The van der Waals surface area contributed by atoms with Crippen LogP contribution in [0, 0.1) is 16.6 Å². The third-order valence-corrected chi connectivity index (χ3v) is 10.5. The topological polar surface area (TPSA) is 75.6 Å². The van der Waals surface area contributed by atoms with E-state index in [4.69, 9.17) is 16.6 Å². The second kappa shape index (κ2) is 7.62. The lowest BCUT2D eigenvalue weighted by Crippen LogP contribution is -2.73. The molecule has 2 aromatic carbocycles. The van der Waals surface area contributed by atoms with Crippen molar-refractivity contribution >= 4 is 33.1 Å². The molecule has 8 heteroatoms. The summed E-state index contributed by atoms with van der Waals surface area (Å²) in [6, 6.07) is 12.5. The number of amidine groups is 1. The van der Waals surface area contributed by atoms with Crippen molar-refractivity contribution in [1.82, 2.24) is 5.32 Å². The lowest BCUT2D eigenvalue weighted by molar-refractivity contribution is -0.156. The average Bonchev–Trinajstić information content (AvgIpc) is 3.04. The van der Waals surface area contributed by atoms with E-state index in [0.717, 1.165) is 5.84 Å². The molecular weight excluding hydrogens is 475 g/mol. The van der Waals surface area contributed by atoms with Crippen LogP contribution in [0.15, 0.2) is 58.4 Å². The summed E-state index contributed by atoms with van der Waals surface area (Å²) in [6.07, 6.45) is 2.25. The second-order valence-corrected chi connectivity index (χ2v) is 13.3. The molecule has 2 bridgehead atoms. The Morgan fingerprint density at radius 2 is 1.82 bits per heavy atom. The molecule has 0 saturated heterocycles. The van der Waals surface area contributed by atoms with E-state index >= 15 is 0 Å². The summed E-state index contributed by atoms with van der Waals surface area (Å²) < 4.78 is 41.8. The summed E-state index contributed by atoms with van der Waals surface area (Å²) in [5.74, 6) is 0.294. The first-order chi connectivity index (χ1) is 15.9. The fourth-order valence-corrected chi connectivity index (χ4v) is 8.64. The monoisotopic (exact) mass is 502 g/mol. The van der Waals surface area contributed by atoms with Crippen molar-refractivity contribution < 1.29 is 17.6 Å². The van der Waals surface area contributed by atoms with Gasteiger partial charge in [0.1, 0.15) is 17.7 Å². The van der Waals surface area contributed by atoms with E-state index < -0.39 is 37.9 Å². The highest BCUT2D eigenvalue weighted by atomic mass is 35.5. The van der Waals surface area contributed by atoms with Gasteiger partial charge in [-0.3, -0.25) is 9.79 Å². The SMILES string of the molecule is CC(=O)[C@@H]1N=C(C23CC(C(Cc4ccc(Cl)c(F)c4)S(=O)(=O)c4ccccc4)(C2)C3)NC1(C)C. The Labute approximate surface area is 204 Å². The minimum atomic E-state index is -3.67. The van der Waals surface area contributed by atoms with Gasteiger partial charge in [-0.05, 0) is 81.7 Å². The molecule has 3 aliphatic carbocycles. The third-order valence-electron chi connectivity index (χ3n) is 7.88. The van der Waals surface area contributed by atoms with Gasteiger partial charge in [0.25, 0.3) is 0 Å². The Hall–Kier alpha value is -2.25. The van der Waals surface area contributed by atoms with Crippen LogP contribution in [0.1, 0.15) is 45.6 Å². The fraction of sp³-hybridized carbons (Fsp3) is 0.462. The Balaban J connectivity index is 1.46. The number of carbonyl (C=O) groups excluding carboxylic acids is 1. The first-order valence-corrected chi connectivity index (χ1v) is 13.4. The number of carbonyl (C=O) groups is 1. The predicted octanol–water partition coefficient (Wildman–Crippen LogP) is 4.77. The Morgan fingerprint density at radius 3 is 2.38 bits per heavy atom. The lowest BCUT2D eigenvalue weighted by Gasteiger charge is -2.72. The van der Waals surface area contributed by atoms with Crippen LogP contribution in [0.3, 0.4) is 0 Å². The zero-order chi connectivity index (χ0) is 24.5. The van der Waals surface area contributed by atoms with Crippen LogP contribution >= 0.6 is 11.6 Å². The molecule has 1 heterocycles. The smallest absolute Gasteiger partial charge is 0.182 e. The number of Topliss-reactive ketones (excluding diaryl/α,β-unsaturated/α-hetero) is 1. The van der Waals surface area contributed by atoms with Gasteiger partial charge < -0.3 is 5.32 Å². The number of hydrogen-bond acceptors (Lipinski definition) is 5. The van der Waals surface area contributed by atoms with Crippen molar-refractivity contribution in [2.75, 3.05) is 0 Å². The van der Waals surface area contributed by atoms with Gasteiger partial charge in [-0.1, -0.05) is 35.9 Å². The Morgan fingerprint density at radius 1 is 1.18 bits per heavy atom. The van der Waals surface area contributed by atoms with Crippen molar-refractivity contribution in [2.24, 2.45) is 15.8 Å². The molecule has 1 N–H and O–H groups in total. The summed E-state index contributed by atoms with van der Waals surface area (Å²) in [5.41, 5.74) is -0.468. The van der Waals surface area contributed by atoms with Crippen molar-refractivity contribution in [1.29, 1.82) is 0 Å². The van der Waals surface area contributed by atoms with Gasteiger partial charge in [-0.15, -0.1) is 0 Å². The van der Waals surface area contributed by atoms with Gasteiger partial charge in [0, 0.05) is 5.41 Å². The molecule has 0 radical (unpaired) electrons. The van der Waals surface area contributed by atoms with Crippen LogP contribution in [0.4, 0.5) is 4.39 Å². The number of halogens is 2. The number of nitrogens with zero attached hydrogens (tertiary/aromatic N) is 1. The van der Waals surface area contributed by atoms with E-state index in [2.05, 4.69) is 5.32 Å². The first-order valence-electron chi connectivity index (χ1n) is 11.5. The number of hydrogen-bond donors (Lipinski definition) is 1. The normalized spacial score (nSPS) is 29.9. The Bertz CT molecular complexity index is 1290. The highest BCUT2D eigenvalue weighted by Gasteiger charge is 2.75. The van der Waals surface area contributed by atoms with Crippen molar-refractivity contribution in [3.8, 4) is 0 Å². The van der Waals surface area contributed by atoms with E-state index in [0.29, 0.717) is 24.8 Å². The largest absolute Gasteiger partial charge is 0.366 e. The molecule has 0 aromatic heterocycles. The van der Waals surface area contributed by atoms with Gasteiger partial charge in [-0.2, -0.15) is 0 Å². The molecule has 180 valence electrons. The van der Waals surface area contributed by atoms with Crippen LogP contribution in [-0.2, 0) is 21.1 Å². The predicted molar refractivity (Wildman–Crippen MR) is 130 cm³/mol. The maximum atomic E-state index is 14.2. The summed E-state index contributed by atoms with van der Waals surface area (Å²) >= 11 is 5.85. The maximum absolute atomic E-state index is 14.2. The molecule has 6 rings (SSSR count). The molecule has 4 aliphatic rings. The van der Waals surface area contributed by atoms with Gasteiger partial charge in [0.05, 0.1) is 20.7 Å². The lowest BCUT2D eigenvalue weighted by atomic mass is 9.33. The number of sulfone groups is 1. The van der Waals surface area contributed by atoms with Crippen LogP contribution in [0.5, 0.6) is 0 Å². The molecule has 5 nitrogen and oxygen atoms in total. The van der Waals surface area contributed by atoms with Crippen molar-refractivity contribution in [3.05, 3.63) is 64.9 Å². The Kier molecular flexibility index (Phi) is 5.27. The molecule has 3 saturated carbocycles. The molecule has 1 aliphatic heterocycles. The summed E-state index contributed by atoms with van der Waals surface area (Å²) in [4.78, 5) is 17.1. The molecule has 0 amide bonds. The molecule has 2 aromatic rings. The van der Waals surface area contributed by atoms with E-state index in [-0.39, 0.29) is 27.5 Å². The van der Waals surface area contributed by atoms with Gasteiger partial charge >= 0.3 is 0 Å². The first kappa shape index (κ1) is 23.5. The standard InChI is InChI=1S/C26H28ClFN2O3S/c1-16(31)22-24(2,3)30-23(29-22)26-13-25(14-26,15-26)21(12-17-9-10-19(27)20(28)11-17)34(32,33)18-7-5-4-6-8-18/h4-11,21-22H,12-15H2,1-3H3,(H,29,30)/t21?,22-,25?,26?/m0/s1. The zero-order valence-electron chi connectivity index (χ0n) is 19.4. The summed E-state index contributed by atoms with van der Waals surface area (Å²) in [5, 5.41) is 2.77. The van der Waals surface area contributed by atoms with Gasteiger partial charge in [0.2, 0.25) is 0 Å². The van der Waals surface area contributed by atoms with Gasteiger partial charge in [0.15, 0.2) is 15.6 Å². The van der Waals surface area contributed by atoms with E-state index in [1.54, 1.807) is 43.3 Å². The van der Waals surface area contributed by atoms with Crippen LogP contribution in [-0.4, -0.2) is 36.9 Å². The highest BCUT2D eigenvalue weighted by molar-refractivity contribution is 7.92. The number of benzene rings is 2. The van der Waals surface area contributed by atoms with Crippen LogP contribution < -0.4 is 5.32 Å².